The highest BCUT2D eigenvalue weighted by molar-refractivity contribution is 5.82. The molecular weight excluding hydrogens is 406 g/mol. The maximum atomic E-state index is 13.2. The lowest BCUT2D eigenvalue weighted by atomic mass is 9.96. The molecule has 0 unspecified atom stereocenters. The minimum atomic E-state index is 0.0861. The van der Waals surface area contributed by atoms with Crippen molar-refractivity contribution in [3.8, 4) is 0 Å². The molecule has 0 atom stereocenters. The molecule has 0 bridgehead atoms. The van der Waals surface area contributed by atoms with Crippen molar-refractivity contribution in [2.75, 3.05) is 70.5 Å². The maximum absolute atomic E-state index is 13.2. The van der Waals surface area contributed by atoms with Crippen LogP contribution in [0.3, 0.4) is 0 Å². The zero-order chi connectivity index (χ0) is 21.5. The van der Waals surface area contributed by atoms with Gasteiger partial charge in [-0.2, -0.15) is 9.61 Å². The molecule has 3 fully saturated rings. The third kappa shape index (κ3) is 3.66. The van der Waals surface area contributed by atoms with E-state index in [1.807, 2.05) is 16.8 Å². The van der Waals surface area contributed by atoms with Gasteiger partial charge in [-0.25, -0.2) is 4.98 Å². The van der Waals surface area contributed by atoms with Gasteiger partial charge in [0.1, 0.15) is 5.82 Å². The fourth-order valence-electron chi connectivity index (χ4n) is 5.76. The van der Waals surface area contributed by atoms with Gasteiger partial charge in [-0.1, -0.05) is 0 Å². The predicted octanol–water partition coefficient (Wildman–Crippen LogP) is 0.177. The Morgan fingerprint density at radius 2 is 1.84 bits per heavy atom. The van der Waals surface area contributed by atoms with Crippen LogP contribution in [0.15, 0.2) is 12.3 Å². The number of fused-ring (bicyclic) bond motifs is 2. The first kappa shape index (κ1) is 20.4. The Morgan fingerprint density at radius 3 is 2.66 bits per heavy atom. The van der Waals surface area contributed by atoms with Crippen LogP contribution in [-0.4, -0.2) is 102 Å². The standard InChI is InChI=1S/C23H33N7O2/c31-23(28-11-9-27(10-12-28)18-4-13-32-14-5-18)17-15-29(16-17)22-19-1-6-24-7-2-20(19)26-21-3-8-25-30(21)22/h3,8,17-18,24H,1-2,4-7,9-16H2. The minimum Gasteiger partial charge on any atom is -0.381 e. The number of nitrogens with zero attached hydrogens (tertiary/aromatic N) is 6. The second-order valence-corrected chi connectivity index (χ2v) is 9.52. The number of rotatable bonds is 3. The smallest absolute Gasteiger partial charge is 0.229 e. The SMILES string of the molecule is O=C(C1CN(c2c3c(nc4ccnn24)CCNCC3)C1)N1CCN(C2CCOCC2)CC1. The Hall–Kier alpha value is -2.23. The van der Waals surface area contributed by atoms with Crippen LogP contribution in [0.25, 0.3) is 5.65 Å². The number of carbonyl (C=O) groups is 1. The van der Waals surface area contributed by atoms with Gasteiger partial charge in [0, 0.05) is 83.1 Å². The first-order chi connectivity index (χ1) is 15.8. The number of hydrogen-bond acceptors (Lipinski definition) is 7. The number of amides is 1. The Morgan fingerprint density at radius 1 is 1.06 bits per heavy atom. The molecule has 2 aromatic rings. The normalized spacial score (nSPS) is 23.8. The van der Waals surface area contributed by atoms with Crippen molar-refractivity contribution in [1.29, 1.82) is 0 Å². The van der Waals surface area contributed by atoms with Crippen molar-refractivity contribution in [3.63, 3.8) is 0 Å². The summed E-state index contributed by atoms with van der Waals surface area (Å²) in [6.45, 7) is 8.92. The van der Waals surface area contributed by atoms with Gasteiger partial charge in [-0.05, 0) is 25.8 Å². The molecule has 2 aromatic heterocycles. The summed E-state index contributed by atoms with van der Waals surface area (Å²) in [4.78, 5) is 25.1. The van der Waals surface area contributed by atoms with Crippen LogP contribution < -0.4 is 10.2 Å². The summed E-state index contributed by atoms with van der Waals surface area (Å²) >= 11 is 0. The molecule has 1 N–H and O–H groups in total. The van der Waals surface area contributed by atoms with Crippen molar-refractivity contribution < 1.29 is 9.53 Å². The van der Waals surface area contributed by atoms with Crippen LogP contribution in [-0.2, 0) is 22.4 Å². The summed E-state index contributed by atoms with van der Waals surface area (Å²) in [6, 6.07) is 2.61. The maximum Gasteiger partial charge on any atom is 0.229 e. The van der Waals surface area contributed by atoms with Crippen LogP contribution in [0.4, 0.5) is 5.82 Å². The first-order valence-electron chi connectivity index (χ1n) is 12.2. The molecular formula is C23H33N7O2. The summed E-state index contributed by atoms with van der Waals surface area (Å²) in [5.41, 5.74) is 3.37. The van der Waals surface area contributed by atoms with E-state index in [0.717, 1.165) is 103 Å². The Balaban J connectivity index is 1.11. The number of hydrogen-bond donors (Lipinski definition) is 1. The Bertz CT molecular complexity index is 972. The third-order valence-corrected chi connectivity index (χ3v) is 7.64. The van der Waals surface area contributed by atoms with Crippen molar-refractivity contribution in [2.45, 2.75) is 31.7 Å². The van der Waals surface area contributed by atoms with Crippen LogP contribution in [0.5, 0.6) is 0 Å². The van der Waals surface area contributed by atoms with Gasteiger partial charge in [0.05, 0.1) is 17.8 Å². The van der Waals surface area contributed by atoms with Gasteiger partial charge >= 0.3 is 0 Å². The van der Waals surface area contributed by atoms with Gasteiger partial charge in [-0.15, -0.1) is 0 Å². The highest BCUT2D eigenvalue weighted by atomic mass is 16.5. The van der Waals surface area contributed by atoms with Gasteiger partial charge in [0.25, 0.3) is 0 Å². The number of anilines is 1. The second-order valence-electron chi connectivity index (χ2n) is 9.52. The molecule has 32 heavy (non-hydrogen) atoms. The van der Waals surface area contributed by atoms with Crippen molar-refractivity contribution in [1.82, 2.24) is 29.7 Å². The lowest BCUT2D eigenvalue weighted by Crippen LogP contribution is -2.59. The molecule has 9 nitrogen and oxygen atoms in total. The van der Waals surface area contributed by atoms with E-state index in [0.29, 0.717) is 11.9 Å². The van der Waals surface area contributed by atoms with Gasteiger partial charge in [0.15, 0.2) is 5.65 Å². The fraction of sp³-hybridized carbons (Fsp3) is 0.696. The molecule has 0 aliphatic carbocycles. The van der Waals surface area contributed by atoms with E-state index in [9.17, 15) is 4.79 Å². The lowest BCUT2D eigenvalue weighted by molar-refractivity contribution is -0.138. The molecule has 4 aliphatic heterocycles. The summed E-state index contributed by atoms with van der Waals surface area (Å²) in [6.07, 6.45) is 5.97. The van der Waals surface area contributed by atoms with Crippen LogP contribution in [0, 0.1) is 5.92 Å². The molecule has 6 rings (SSSR count). The first-order valence-corrected chi connectivity index (χ1v) is 12.2. The minimum absolute atomic E-state index is 0.0861. The average Bonchev–Trinajstić information content (AvgIpc) is 3.15. The molecule has 1 amide bonds. The van der Waals surface area contributed by atoms with Gasteiger partial charge < -0.3 is 19.9 Å². The average molecular weight is 440 g/mol. The highest BCUT2D eigenvalue weighted by Crippen LogP contribution is 2.32. The van der Waals surface area contributed by atoms with Crippen molar-refractivity contribution in [2.24, 2.45) is 5.92 Å². The Kier molecular flexibility index (Phi) is 5.48. The van der Waals surface area contributed by atoms with E-state index in [1.54, 1.807) is 0 Å². The Labute approximate surface area is 188 Å². The van der Waals surface area contributed by atoms with Crippen LogP contribution in [0.1, 0.15) is 24.1 Å². The van der Waals surface area contributed by atoms with E-state index >= 15 is 0 Å². The summed E-state index contributed by atoms with van der Waals surface area (Å²) < 4.78 is 7.47. The van der Waals surface area contributed by atoms with E-state index in [2.05, 4.69) is 25.1 Å². The third-order valence-electron chi connectivity index (χ3n) is 7.64. The van der Waals surface area contributed by atoms with Gasteiger partial charge in [0.2, 0.25) is 5.91 Å². The molecule has 6 heterocycles. The van der Waals surface area contributed by atoms with Crippen LogP contribution in [0.2, 0.25) is 0 Å². The summed E-state index contributed by atoms with van der Waals surface area (Å²) in [5, 5.41) is 8.04. The van der Waals surface area contributed by atoms with Gasteiger partial charge in [-0.3, -0.25) is 9.69 Å². The zero-order valence-electron chi connectivity index (χ0n) is 18.7. The van der Waals surface area contributed by atoms with Crippen LogP contribution >= 0.6 is 0 Å². The van der Waals surface area contributed by atoms with Crippen molar-refractivity contribution >= 4 is 17.4 Å². The molecule has 0 radical (unpaired) electrons. The monoisotopic (exact) mass is 439 g/mol. The van der Waals surface area contributed by atoms with E-state index in [-0.39, 0.29) is 5.92 Å². The molecule has 0 aromatic carbocycles. The summed E-state index contributed by atoms with van der Waals surface area (Å²) in [7, 11) is 0. The quantitative estimate of drug-likeness (QED) is 0.731. The largest absolute Gasteiger partial charge is 0.381 e. The predicted molar refractivity (Wildman–Crippen MR) is 121 cm³/mol. The number of aromatic nitrogens is 3. The van der Waals surface area contributed by atoms with Crippen molar-refractivity contribution in [3.05, 3.63) is 23.5 Å². The number of carbonyl (C=O) groups excluding carboxylic acids is 1. The van der Waals surface area contributed by atoms with E-state index < -0.39 is 0 Å². The molecule has 3 saturated heterocycles. The number of ether oxygens (including phenoxy) is 1. The topological polar surface area (TPSA) is 78.2 Å². The molecule has 0 saturated carbocycles. The number of piperazine rings is 1. The number of nitrogens with one attached hydrogen (secondary N) is 1. The molecule has 4 aliphatic rings. The highest BCUT2D eigenvalue weighted by Gasteiger charge is 2.39. The molecule has 0 spiro atoms. The summed E-state index contributed by atoms with van der Waals surface area (Å²) in [5.74, 6) is 1.56. The second kappa shape index (κ2) is 8.61. The lowest BCUT2D eigenvalue weighted by Gasteiger charge is -2.45. The molecule has 9 heteroatoms. The zero-order valence-corrected chi connectivity index (χ0v) is 18.7. The molecule has 172 valence electrons. The van der Waals surface area contributed by atoms with E-state index in [4.69, 9.17) is 9.72 Å². The van der Waals surface area contributed by atoms with E-state index in [1.165, 1.54) is 11.3 Å². The fourth-order valence-corrected chi connectivity index (χ4v) is 5.76.